The lowest BCUT2D eigenvalue weighted by Gasteiger charge is -2.28. The standard InChI is InChI=1S/C25H28F3N5O2S/c1-32(11-16-4-3-5-18(21(16)26)22(27)28)23-20-10-19(25(34)33(2)24(20)30-14-29-23)15-6-8-36(9-7-15)31-17-12-35-13-17/h3-5,10,14-15,17,22H,6-9,11-13H2,1-2H3. The highest BCUT2D eigenvalue weighted by atomic mass is 32.2. The second-order valence-electron chi connectivity index (χ2n) is 9.32. The van der Waals surface area contributed by atoms with Crippen molar-refractivity contribution in [3.05, 3.63) is 63.5 Å². The molecule has 0 N–H and O–H groups in total. The first-order chi connectivity index (χ1) is 17.3. The van der Waals surface area contributed by atoms with Crippen LogP contribution in [0.1, 0.15) is 41.9 Å². The van der Waals surface area contributed by atoms with Gasteiger partial charge in [0.25, 0.3) is 12.0 Å². The fourth-order valence-corrected chi connectivity index (χ4v) is 6.88. The highest BCUT2D eigenvalue weighted by Gasteiger charge is 2.26. The molecule has 0 spiro atoms. The van der Waals surface area contributed by atoms with Crippen LogP contribution in [-0.2, 0) is 29.0 Å². The van der Waals surface area contributed by atoms with Gasteiger partial charge in [-0.15, -0.1) is 10.7 Å². The van der Waals surface area contributed by atoms with Crippen LogP contribution < -0.4 is 10.5 Å². The summed E-state index contributed by atoms with van der Waals surface area (Å²) in [7, 11) is 3.43. The SMILES string of the molecule is CN(Cc1cccc(C(F)F)c1F)c1ncnc2c1cc(C1CCS(=NC3COC3)CC1)c(=O)n2C. The maximum Gasteiger partial charge on any atom is 0.266 e. The van der Waals surface area contributed by atoms with Gasteiger partial charge >= 0.3 is 0 Å². The molecule has 4 heterocycles. The number of aryl methyl sites for hydroxylation is 1. The van der Waals surface area contributed by atoms with E-state index in [1.807, 2.05) is 6.07 Å². The number of hydrogen-bond acceptors (Lipinski definition) is 6. The average Bonchev–Trinajstić information content (AvgIpc) is 2.85. The van der Waals surface area contributed by atoms with Gasteiger partial charge in [0.2, 0.25) is 0 Å². The van der Waals surface area contributed by atoms with E-state index in [-0.39, 0.29) is 34.3 Å². The Morgan fingerprint density at radius 1 is 1.25 bits per heavy atom. The predicted molar refractivity (Wildman–Crippen MR) is 134 cm³/mol. The van der Waals surface area contributed by atoms with Crippen molar-refractivity contribution in [3.8, 4) is 0 Å². The number of ether oxygens (including phenoxy) is 1. The van der Waals surface area contributed by atoms with E-state index >= 15 is 0 Å². The molecule has 7 nitrogen and oxygen atoms in total. The van der Waals surface area contributed by atoms with Crippen LogP contribution in [0.25, 0.3) is 11.0 Å². The minimum atomic E-state index is -2.89. The van der Waals surface area contributed by atoms with Crippen LogP contribution in [0.5, 0.6) is 0 Å². The third-order valence-corrected chi connectivity index (χ3v) is 8.90. The number of nitrogens with zero attached hydrogens (tertiary/aromatic N) is 5. The summed E-state index contributed by atoms with van der Waals surface area (Å²) in [6.07, 6.45) is 0.228. The molecule has 0 saturated carbocycles. The van der Waals surface area contributed by atoms with Crippen LogP contribution in [0, 0.1) is 5.82 Å². The summed E-state index contributed by atoms with van der Waals surface area (Å²) in [6.45, 7) is 1.46. The van der Waals surface area contributed by atoms with Crippen LogP contribution in [0.2, 0.25) is 0 Å². The summed E-state index contributed by atoms with van der Waals surface area (Å²) in [5, 5.41) is 0.670. The molecule has 0 radical (unpaired) electrons. The van der Waals surface area contributed by atoms with Gasteiger partial charge in [0.05, 0.1) is 24.2 Å². The highest BCUT2D eigenvalue weighted by molar-refractivity contribution is 7.87. The Balaban J connectivity index is 1.45. The molecule has 0 unspecified atom stereocenters. The molecule has 3 aromatic rings. The molecular formula is C25H28F3N5O2S. The smallest absolute Gasteiger partial charge is 0.266 e. The number of alkyl halides is 2. The number of halogens is 3. The Bertz CT molecular complexity index is 1370. The first kappa shape index (κ1) is 24.9. The summed E-state index contributed by atoms with van der Waals surface area (Å²) in [5.41, 5.74) is 0.633. The maximum atomic E-state index is 14.7. The molecule has 0 atom stereocenters. The van der Waals surface area contributed by atoms with Gasteiger partial charge in [0.1, 0.15) is 29.7 Å². The zero-order valence-electron chi connectivity index (χ0n) is 20.2. The van der Waals surface area contributed by atoms with Crippen molar-refractivity contribution >= 4 is 27.5 Å². The monoisotopic (exact) mass is 519 g/mol. The molecule has 0 amide bonds. The number of rotatable bonds is 6. The molecule has 2 fully saturated rings. The van der Waals surface area contributed by atoms with Gasteiger partial charge in [0.15, 0.2) is 0 Å². The fourth-order valence-electron chi connectivity index (χ4n) is 4.81. The second-order valence-corrected chi connectivity index (χ2v) is 11.3. The maximum absolute atomic E-state index is 14.7. The summed E-state index contributed by atoms with van der Waals surface area (Å²) in [4.78, 5) is 23.7. The molecule has 2 aromatic heterocycles. The van der Waals surface area contributed by atoms with E-state index in [1.165, 1.54) is 23.0 Å². The fraction of sp³-hybridized carbons (Fsp3) is 0.480. The summed E-state index contributed by atoms with van der Waals surface area (Å²) >= 11 is 0. The lowest BCUT2D eigenvalue weighted by Crippen LogP contribution is -2.33. The van der Waals surface area contributed by atoms with Crippen molar-refractivity contribution in [1.29, 1.82) is 0 Å². The average molecular weight is 520 g/mol. The number of fused-ring (bicyclic) bond motifs is 1. The molecule has 0 aliphatic carbocycles. The zero-order chi connectivity index (χ0) is 25.4. The number of aromatic nitrogens is 3. The van der Waals surface area contributed by atoms with Crippen molar-refractivity contribution in [3.63, 3.8) is 0 Å². The van der Waals surface area contributed by atoms with Crippen LogP contribution in [0.4, 0.5) is 19.0 Å². The first-order valence-electron chi connectivity index (χ1n) is 11.9. The van der Waals surface area contributed by atoms with E-state index in [0.717, 1.165) is 36.0 Å². The molecule has 0 bridgehead atoms. The Morgan fingerprint density at radius 2 is 2.00 bits per heavy atom. The van der Waals surface area contributed by atoms with Crippen LogP contribution in [-0.4, -0.2) is 52.3 Å². The van der Waals surface area contributed by atoms with Gasteiger partial charge in [-0.25, -0.2) is 23.1 Å². The van der Waals surface area contributed by atoms with Crippen molar-refractivity contribution in [2.24, 2.45) is 11.4 Å². The van der Waals surface area contributed by atoms with Gasteiger partial charge in [0, 0.05) is 43.3 Å². The van der Waals surface area contributed by atoms with Crippen LogP contribution in [0.15, 0.2) is 39.8 Å². The third-order valence-electron chi connectivity index (χ3n) is 6.89. The number of hydrogen-bond donors (Lipinski definition) is 0. The number of benzene rings is 1. The highest BCUT2D eigenvalue weighted by Crippen LogP contribution is 2.31. The minimum absolute atomic E-state index is 0.0153. The Labute approximate surface area is 209 Å². The number of anilines is 1. The lowest BCUT2D eigenvalue weighted by atomic mass is 9.94. The summed E-state index contributed by atoms with van der Waals surface area (Å²) in [6, 6.07) is 6.19. The largest absolute Gasteiger partial charge is 0.377 e. The molecule has 11 heteroatoms. The van der Waals surface area contributed by atoms with E-state index in [0.29, 0.717) is 36.1 Å². The van der Waals surface area contributed by atoms with Gasteiger partial charge in [-0.1, -0.05) is 18.2 Å². The molecule has 2 aliphatic heterocycles. The zero-order valence-corrected chi connectivity index (χ0v) is 21.0. The Hall–Kier alpha value is -2.79. The Kier molecular flexibility index (Phi) is 7.11. The van der Waals surface area contributed by atoms with Crippen LogP contribution >= 0.6 is 0 Å². The normalized spacial score (nSPS) is 20.5. The molecule has 2 saturated heterocycles. The van der Waals surface area contributed by atoms with E-state index in [1.54, 1.807) is 19.0 Å². The van der Waals surface area contributed by atoms with Crippen LogP contribution in [0.3, 0.4) is 0 Å². The minimum Gasteiger partial charge on any atom is -0.377 e. The molecule has 5 rings (SSSR count). The Morgan fingerprint density at radius 3 is 2.67 bits per heavy atom. The molecule has 36 heavy (non-hydrogen) atoms. The second kappa shape index (κ2) is 10.3. The van der Waals surface area contributed by atoms with Gasteiger partial charge in [-0.05, 0) is 24.8 Å². The quantitative estimate of drug-likeness (QED) is 0.490. The molecule has 1 aromatic carbocycles. The van der Waals surface area contributed by atoms with Gasteiger partial charge in [-0.2, -0.15) is 0 Å². The summed E-state index contributed by atoms with van der Waals surface area (Å²) in [5.74, 6) is 1.63. The van der Waals surface area contributed by atoms with E-state index < -0.39 is 17.8 Å². The molecule has 192 valence electrons. The van der Waals surface area contributed by atoms with Crippen molar-refractivity contribution in [1.82, 2.24) is 14.5 Å². The molecule has 2 aliphatic rings. The van der Waals surface area contributed by atoms with E-state index in [2.05, 4.69) is 9.97 Å². The molecular weight excluding hydrogens is 491 g/mol. The third kappa shape index (κ3) is 4.78. The van der Waals surface area contributed by atoms with E-state index in [4.69, 9.17) is 9.10 Å². The topological polar surface area (TPSA) is 72.6 Å². The summed E-state index contributed by atoms with van der Waals surface area (Å²) < 4.78 is 52.6. The van der Waals surface area contributed by atoms with Crippen molar-refractivity contribution in [2.75, 3.05) is 36.7 Å². The lowest BCUT2D eigenvalue weighted by molar-refractivity contribution is 0.0142. The van der Waals surface area contributed by atoms with Gasteiger partial charge in [-0.3, -0.25) is 13.7 Å². The first-order valence-corrected chi connectivity index (χ1v) is 13.4. The van der Waals surface area contributed by atoms with Gasteiger partial charge < -0.3 is 9.64 Å². The number of pyridine rings is 1. The van der Waals surface area contributed by atoms with Crippen molar-refractivity contribution in [2.45, 2.75) is 37.8 Å². The van der Waals surface area contributed by atoms with Crippen molar-refractivity contribution < 1.29 is 17.9 Å². The predicted octanol–water partition coefficient (Wildman–Crippen LogP) is 4.12. The van der Waals surface area contributed by atoms with E-state index in [9.17, 15) is 18.0 Å².